The molecule has 5 aliphatic rings. The highest BCUT2D eigenvalue weighted by Crippen LogP contribution is 2.76. The van der Waals surface area contributed by atoms with Crippen molar-refractivity contribution in [2.24, 2.45) is 45.3 Å². The Morgan fingerprint density at radius 3 is 2.13 bits per heavy atom. The molecule has 0 aromatic rings. The van der Waals surface area contributed by atoms with Crippen LogP contribution in [0.2, 0.25) is 0 Å². The number of aliphatic hydroxyl groups is 7. The zero-order valence-electron chi connectivity index (χ0n) is 29.5. The molecule has 4 aliphatic carbocycles. The van der Waals surface area contributed by atoms with Gasteiger partial charge in [-0.2, -0.15) is 0 Å². The molecule has 0 aromatic heterocycles. The van der Waals surface area contributed by atoms with Gasteiger partial charge in [0.1, 0.15) is 30.0 Å². The Hall–Kier alpha value is -0.700. The molecule has 272 valence electrons. The van der Waals surface area contributed by atoms with Crippen LogP contribution >= 0.6 is 0 Å². The van der Waals surface area contributed by atoms with Crippen molar-refractivity contribution in [3.8, 4) is 0 Å². The van der Waals surface area contributed by atoms with Gasteiger partial charge in [-0.3, -0.25) is 5.26 Å². The van der Waals surface area contributed by atoms with Crippen molar-refractivity contribution in [1.82, 2.24) is 0 Å². The van der Waals surface area contributed by atoms with Crippen LogP contribution in [0.15, 0.2) is 12.2 Å². The van der Waals surface area contributed by atoms with Crippen LogP contribution in [0.4, 0.5) is 0 Å². The lowest BCUT2D eigenvalue weighted by atomic mass is 9.34. The highest BCUT2D eigenvalue weighted by Gasteiger charge is 2.73. The predicted molar refractivity (Wildman–Crippen MR) is 173 cm³/mol. The van der Waals surface area contributed by atoms with Gasteiger partial charge in [0.25, 0.3) is 0 Å². The summed E-state index contributed by atoms with van der Waals surface area (Å²) in [5.41, 5.74) is -3.53. The van der Waals surface area contributed by atoms with Crippen molar-refractivity contribution in [3.05, 3.63) is 12.2 Å². The normalized spacial score (nSPS) is 51.2. The first-order chi connectivity index (χ1) is 21.6. The first-order valence-electron chi connectivity index (χ1n) is 17.7. The van der Waals surface area contributed by atoms with E-state index in [2.05, 4.69) is 39.5 Å². The fraction of sp³-hybridized carbons (Fsp3) is 0.944. The van der Waals surface area contributed by atoms with Crippen LogP contribution in [-0.2, 0) is 14.4 Å². The van der Waals surface area contributed by atoms with E-state index in [1.807, 2.05) is 13.0 Å². The second kappa shape index (κ2) is 12.5. The number of fused-ring (bicyclic) bond motifs is 5. The Labute approximate surface area is 279 Å². The summed E-state index contributed by atoms with van der Waals surface area (Å²) in [5, 5.41) is 86.4. The van der Waals surface area contributed by atoms with Gasteiger partial charge in [0.2, 0.25) is 0 Å². The maximum absolute atomic E-state index is 12.3. The third kappa shape index (κ3) is 5.77. The average Bonchev–Trinajstić information content (AvgIpc) is 3.37. The fourth-order valence-electron chi connectivity index (χ4n) is 11.9. The first kappa shape index (κ1) is 37.6. The van der Waals surface area contributed by atoms with Crippen molar-refractivity contribution in [3.63, 3.8) is 0 Å². The van der Waals surface area contributed by atoms with Crippen LogP contribution < -0.4 is 0 Å². The van der Waals surface area contributed by atoms with Crippen molar-refractivity contribution in [2.45, 2.75) is 161 Å². The fourth-order valence-corrected chi connectivity index (χ4v) is 11.9. The maximum Gasteiger partial charge on any atom is 0.187 e. The van der Waals surface area contributed by atoms with Crippen LogP contribution in [0, 0.1) is 45.3 Å². The standard InChI is InChI=1S/C36H62O11/c1-31(2,47-44)12-9-13-36(8,46-30-28(43)27(42)26(41)22(18-37)45-30)19-10-15-34(6)25(19)20(38)16-23-33(5)14-11-24(40)32(3,4)29(33)21(39)17-35(23,34)7/h9,12,19-30,37-44H,10-11,13-18H2,1-8H3/b12-9+/t19-,20+,21-,22+,23+,24-,25-,26+,27-,28+,29-,30-,33+,34+,35+,36-/m0/s1. The monoisotopic (exact) mass is 670 g/mol. The molecule has 11 nitrogen and oxygen atoms in total. The number of hydrogen-bond acceptors (Lipinski definition) is 11. The van der Waals surface area contributed by atoms with E-state index in [1.54, 1.807) is 19.9 Å². The van der Waals surface area contributed by atoms with E-state index in [-0.39, 0.29) is 40.9 Å². The van der Waals surface area contributed by atoms with Gasteiger partial charge in [-0.1, -0.05) is 46.8 Å². The molecule has 5 fully saturated rings. The lowest BCUT2D eigenvalue weighted by molar-refractivity contribution is -0.335. The summed E-state index contributed by atoms with van der Waals surface area (Å²) in [6.07, 6.45) is -1.18. The Bertz CT molecular complexity index is 1160. The molecule has 1 heterocycles. The van der Waals surface area contributed by atoms with Gasteiger partial charge in [0, 0.05) is 0 Å². The smallest absolute Gasteiger partial charge is 0.187 e. The van der Waals surface area contributed by atoms with E-state index in [1.165, 1.54) is 0 Å². The highest BCUT2D eigenvalue weighted by molar-refractivity contribution is 5.22. The lowest BCUT2D eigenvalue weighted by Crippen LogP contribution is -2.70. The summed E-state index contributed by atoms with van der Waals surface area (Å²) in [5.74, 6) is -0.486. The number of ether oxygens (including phenoxy) is 2. The van der Waals surface area contributed by atoms with E-state index in [4.69, 9.17) is 9.47 Å². The molecule has 0 aromatic carbocycles. The quantitative estimate of drug-likeness (QED) is 0.108. The molecule has 0 spiro atoms. The van der Waals surface area contributed by atoms with Gasteiger partial charge >= 0.3 is 0 Å². The molecule has 16 atom stereocenters. The zero-order chi connectivity index (χ0) is 35.1. The van der Waals surface area contributed by atoms with Crippen LogP contribution in [0.25, 0.3) is 0 Å². The molecule has 0 unspecified atom stereocenters. The van der Waals surface area contributed by atoms with Crippen molar-refractivity contribution < 1.29 is 55.4 Å². The van der Waals surface area contributed by atoms with Crippen LogP contribution in [0.3, 0.4) is 0 Å². The minimum Gasteiger partial charge on any atom is -0.394 e. The Balaban J connectivity index is 1.52. The van der Waals surface area contributed by atoms with E-state index >= 15 is 0 Å². The molecular formula is C36H62O11. The summed E-state index contributed by atoms with van der Waals surface area (Å²) < 4.78 is 12.5. The van der Waals surface area contributed by atoms with Crippen LogP contribution in [0.5, 0.6) is 0 Å². The zero-order valence-corrected chi connectivity index (χ0v) is 29.5. The van der Waals surface area contributed by atoms with Crippen molar-refractivity contribution >= 4 is 0 Å². The maximum atomic E-state index is 12.3. The summed E-state index contributed by atoms with van der Waals surface area (Å²) in [7, 11) is 0. The molecule has 0 radical (unpaired) electrons. The van der Waals surface area contributed by atoms with Crippen LogP contribution in [-0.4, -0.2) is 108 Å². The number of rotatable bonds is 8. The van der Waals surface area contributed by atoms with Crippen LogP contribution in [0.1, 0.15) is 100 Å². The molecule has 47 heavy (non-hydrogen) atoms. The third-order valence-electron chi connectivity index (χ3n) is 14.5. The van der Waals surface area contributed by atoms with Gasteiger partial charge < -0.3 is 45.2 Å². The highest BCUT2D eigenvalue weighted by atomic mass is 17.1. The Kier molecular flexibility index (Phi) is 10.00. The minimum atomic E-state index is -1.60. The first-order valence-corrected chi connectivity index (χ1v) is 17.7. The van der Waals surface area contributed by atoms with Gasteiger partial charge in [-0.25, -0.2) is 4.89 Å². The largest absolute Gasteiger partial charge is 0.394 e. The molecule has 4 saturated carbocycles. The van der Waals surface area contributed by atoms with E-state index in [0.29, 0.717) is 25.7 Å². The molecule has 1 aliphatic heterocycles. The molecule has 0 bridgehead atoms. The Morgan fingerprint density at radius 2 is 1.51 bits per heavy atom. The van der Waals surface area contributed by atoms with E-state index < -0.39 is 77.7 Å². The summed E-state index contributed by atoms with van der Waals surface area (Å²) >= 11 is 0. The topological polar surface area (TPSA) is 190 Å². The van der Waals surface area contributed by atoms with E-state index in [9.17, 15) is 41.0 Å². The summed E-state index contributed by atoms with van der Waals surface area (Å²) in [6.45, 7) is 15.7. The lowest BCUT2D eigenvalue weighted by Gasteiger charge is -2.71. The van der Waals surface area contributed by atoms with Gasteiger partial charge in [-0.05, 0) is 111 Å². The molecule has 1 saturated heterocycles. The summed E-state index contributed by atoms with van der Waals surface area (Å²) in [6, 6.07) is 0. The number of hydrogen-bond donors (Lipinski definition) is 8. The molecule has 0 amide bonds. The SMILES string of the molecule is CC(C)(/C=C/C[C@](C)(O[C@@H]1O[C@H](CO)[C@@H](O)[C@H](O)[C@H]1O)[C@H]1CC[C@]2(C)[C@@H]1[C@H](O)C[C@@H]1[C@@]3(C)CC[C@H](O)C(C)(C)[C@@H]3[C@@H](O)C[C@]12C)OO. The van der Waals surface area contributed by atoms with Gasteiger partial charge in [0.15, 0.2) is 6.29 Å². The second-order valence-electron chi connectivity index (χ2n) is 17.9. The molecule has 8 N–H and O–H groups in total. The predicted octanol–water partition coefficient (Wildman–Crippen LogP) is 2.76. The van der Waals surface area contributed by atoms with Gasteiger partial charge in [-0.15, -0.1) is 0 Å². The molecule has 11 heteroatoms. The van der Waals surface area contributed by atoms with Crippen molar-refractivity contribution in [1.29, 1.82) is 0 Å². The molecule has 5 rings (SSSR count). The minimum absolute atomic E-state index is 0.108. The van der Waals surface area contributed by atoms with Gasteiger partial charge in [0.05, 0.1) is 30.5 Å². The molecular weight excluding hydrogens is 608 g/mol. The third-order valence-corrected chi connectivity index (χ3v) is 14.5. The van der Waals surface area contributed by atoms with E-state index in [0.717, 1.165) is 12.8 Å². The van der Waals surface area contributed by atoms with Crippen molar-refractivity contribution in [2.75, 3.05) is 6.61 Å². The second-order valence-corrected chi connectivity index (χ2v) is 17.9. The summed E-state index contributed by atoms with van der Waals surface area (Å²) in [4.78, 5) is 4.61. The number of aliphatic hydroxyl groups excluding tert-OH is 7. The average molecular weight is 671 g/mol. The Morgan fingerprint density at radius 1 is 0.851 bits per heavy atom.